The number of carbonyl (C=O) groups is 1. The summed E-state index contributed by atoms with van der Waals surface area (Å²) in [5, 5.41) is 9.66. The van der Waals surface area contributed by atoms with E-state index in [0.717, 1.165) is 16.7 Å². The van der Waals surface area contributed by atoms with Crippen LogP contribution in [0.15, 0.2) is 12.1 Å². The lowest BCUT2D eigenvalue weighted by Crippen LogP contribution is -2.13. The van der Waals surface area contributed by atoms with Crippen LogP contribution in [-0.2, 0) is 11.3 Å². The summed E-state index contributed by atoms with van der Waals surface area (Å²) in [6.45, 7) is 2.34. The van der Waals surface area contributed by atoms with Gasteiger partial charge in [0.15, 0.2) is 0 Å². The zero-order chi connectivity index (χ0) is 11.0. The predicted molar refractivity (Wildman–Crippen MR) is 54.3 cm³/mol. The molecule has 0 fully saturated rings. The van der Waals surface area contributed by atoms with Crippen molar-refractivity contribution in [2.24, 2.45) is 5.73 Å². The van der Waals surface area contributed by atoms with E-state index >= 15 is 0 Å². The third kappa shape index (κ3) is 1.52. The highest BCUT2D eigenvalue weighted by Gasteiger charge is 2.25. The van der Waals surface area contributed by atoms with Crippen LogP contribution in [-0.4, -0.2) is 17.6 Å². The number of esters is 1. The molecule has 1 atom stereocenters. The molecule has 0 spiro atoms. The second-order valence-electron chi connectivity index (χ2n) is 3.63. The molecule has 0 saturated heterocycles. The van der Waals surface area contributed by atoms with Gasteiger partial charge in [0.1, 0.15) is 6.61 Å². The van der Waals surface area contributed by atoms with Gasteiger partial charge in [-0.05, 0) is 24.1 Å². The average molecular weight is 207 g/mol. The number of nitrogens with two attached hydrogens (primary N) is 1. The van der Waals surface area contributed by atoms with Gasteiger partial charge in [-0.1, -0.05) is 6.07 Å². The van der Waals surface area contributed by atoms with Gasteiger partial charge in [0.2, 0.25) is 0 Å². The van der Waals surface area contributed by atoms with Gasteiger partial charge in [-0.25, -0.2) is 4.79 Å². The van der Waals surface area contributed by atoms with Gasteiger partial charge >= 0.3 is 5.97 Å². The van der Waals surface area contributed by atoms with Crippen LogP contribution in [0.3, 0.4) is 0 Å². The molecule has 2 rings (SSSR count). The Morgan fingerprint density at radius 3 is 3.00 bits per heavy atom. The maximum absolute atomic E-state index is 11.3. The van der Waals surface area contributed by atoms with Gasteiger partial charge in [0.25, 0.3) is 0 Å². The third-order valence-corrected chi connectivity index (χ3v) is 2.79. The molecule has 0 aromatic heterocycles. The lowest BCUT2D eigenvalue weighted by molar-refractivity contribution is 0.0535. The second kappa shape index (κ2) is 3.64. The Morgan fingerprint density at radius 2 is 2.33 bits per heavy atom. The minimum Gasteiger partial charge on any atom is -0.457 e. The molecule has 1 heterocycles. The van der Waals surface area contributed by atoms with Crippen LogP contribution in [0.2, 0.25) is 0 Å². The summed E-state index contributed by atoms with van der Waals surface area (Å²) in [6.07, 6.45) is -0.675. The normalized spacial score (nSPS) is 16.1. The van der Waals surface area contributed by atoms with E-state index in [1.54, 1.807) is 12.1 Å². The summed E-state index contributed by atoms with van der Waals surface area (Å²) in [5.41, 5.74) is 8.53. The lowest BCUT2D eigenvalue weighted by atomic mass is 9.95. The van der Waals surface area contributed by atoms with Crippen LogP contribution in [0.4, 0.5) is 0 Å². The number of carbonyl (C=O) groups excluding carboxylic acids is 1. The first-order valence-electron chi connectivity index (χ1n) is 4.82. The van der Waals surface area contributed by atoms with E-state index in [4.69, 9.17) is 10.5 Å². The first-order chi connectivity index (χ1) is 7.15. The average Bonchev–Trinajstić information content (AvgIpc) is 2.61. The maximum atomic E-state index is 11.3. The maximum Gasteiger partial charge on any atom is 0.338 e. The summed E-state index contributed by atoms with van der Waals surface area (Å²) in [6, 6.07) is 3.42. The fourth-order valence-corrected chi connectivity index (χ4v) is 1.86. The van der Waals surface area contributed by atoms with Crippen molar-refractivity contribution in [2.45, 2.75) is 19.6 Å². The summed E-state index contributed by atoms with van der Waals surface area (Å²) in [4.78, 5) is 11.3. The van der Waals surface area contributed by atoms with Crippen LogP contribution >= 0.6 is 0 Å². The number of aliphatic hydroxyl groups excluding tert-OH is 1. The van der Waals surface area contributed by atoms with Gasteiger partial charge < -0.3 is 15.6 Å². The third-order valence-electron chi connectivity index (χ3n) is 2.79. The molecule has 0 radical (unpaired) electrons. The minimum absolute atomic E-state index is 0.175. The van der Waals surface area contributed by atoms with E-state index in [2.05, 4.69) is 0 Å². The monoisotopic (exact) mass is 207 g/mol. The van der Waals surface area contributed by atoms with Gasteiger partial charge in [-0.15, -0.1) is 0 Å². The molecule has 1 unspecified atom stereocenters. The Kier molecular flexibility index (Phi) is 2.46. The number of cyclic esters (lactones) is 1. The number of hydrogen-bond donors (Lipinski definition) is 2. The molecule has 1 aliphatic rings. The van der Waals surface area contributed by atoms with Crippen molar-refractivity contribution in [1.82, 2.24) is 0 Å². The summed E-state index contributed by atoms with van der Waals surface area (Å²) >= 11 is 0. The largest absolute Gasteiger partial charge is 0.457 e. The van der Waals surface area contributed by atoms with E-state index in [1.807, 2.05) is 6.92 Å². The summed E-state index contributed by atoms with van der Waals surface area (Å²) in [5.74, 6) is -0.290. The molecule has 0 bridgehead atoms. The molecule has 1 aliphatic heterocycles. The van der Waals surface area contributed by atoms with Crippen LogP contribution in [0.25, 0.3) is 0 Å². The quantitative estimate of drug-likeness (QED) is 0.699. The van der Waals surface area contributed by atoms with Crippen molar-refractivity contribution in [3.05, 3.63) is 34.4 Å². The molecule has 1 aromatic rings. The van der Waals surface area contributed by atoms with Crippen LogP contribution in [0.5, 0.6) is 0 Å². The molecule has 0 saturated carbocycles. The van der Waals surface area contributed by atoms with Gasteiger partial charge in [-0.3, -0.25) is 0 Å². The van der Waals surface area contributed by atoms with E-state index in [-0.39, 0.29) is 12.5 Å². The highest BCUT2D eigenvalue weighted by Crippen LogP contribution is 2.28. The topological polar surface area (TPSA) is 72.6 Å². The van der Waals surface area contributed by atoms with Crippen LogP contribution < -0.4 is 5.73 Å². The van der Waals surface area contributed by atoms with Gasteiger partial charge in [0.05, 0.1) is 11.7 Å². The molecule has 1 aromatic carbocycles. The number of hydrogen-bond acceptors (Lipinski definition) is 4. The van der Waals surface area contributed by atoms with Crippen LogP contribution in [0, 0.1) is 6.92 Å². The van der Waals surface area contributed by atoms with Crippen LogP contribution in [0.1, 0.15) is 33.2 Å². The van der Waals surface area contributed by atoms with Crippen molar-refractivity contribution in [2.75, 3.05) is 6.54 Å². The van der Waals surface area contributed by atoms with E-state index < -0.39 is 6.10 Å². The number of rotatable bonds is 2. The van der Waals surface area contributed by atoms with Gasteiger partial charge in [-0.2, -0.15) is 0 Å². The summed E-state index contributed by atoms with van der Waals surface area (Å²) < 4.78 is 4.92. The Bertz CT molecular complexity index is 415. The molecular formula is C11H13NO3. The van der Waals surface area contributed by atoms with Crippen molar-refractivity contribution in [3.8, 4) is 0 Å². The van der Waals surface area contributed by atoms with Crippen molar-refractivity contribution >= 4 is 5.97 Å². The Hall–Kier alpha value is -1.39. The Labute approximate surface area is 87.7 Å². The number of ether oxygens (including phenoxy) is 1. The highest BCUT2D eigenvalue weighted by atomic mass is 16.5. The first kappa shape index (κ1) is 10.1. The number of aliphatic hydroxyl groups is 1. The minimum atomic E-state index is -0.675. The van der Waals surface area contributed by atoms with Crippen molar-refractivity contribution in [1.29, 1.82) is 0 Å². The molecule has 80 valence electrons. The SMILES string of the molecule is Cc1c(C(O)CN)ccc2c1COC2=O. The van der Waals surface area contributed by atoms with Gasteiger partial charge in [0, 0.05) is 12.1 Å². The van der Waals surface area contributed by atoms with E-state index in [9.17, 15) is 9.90 Å². The second-order valence-corrected chi connectivity index (χ2v) is 3.63. The van der Waals surface area contributed by atoms with E-state index in [0.29, 0.717) is 12.2 Å². The molecule has 4 nitrogen and oxygen atoms in total. The standard InChI is InChI=1S/C11H13NO3/c1-6-7(10(13)4-12)2-3-8-9(6)5-15-11(8)14/h2-3,10,13H,4-5,12H2,1H3. The summed E-state index contributed by atoms with van der Waals surface area (Å²) in [7, 11) is 0. The Balaban J connectivity index is 2.51. The molecule has 0 aliphatic carbocycles. The predicted octanol–water partition coefficient (Wildman–Crippen LogP) is 0.658. The fourth-order valence-electron chi connectivity index (χ4n) is 1.86. The van der Waals surface area contributed by atoms with E-state index in [1.165, 1.54) is 0 Å². The molecular weight excluding hydrogens is 194 g/mol. The van der Waals surface area contributed by atoms with Crippen molar-refractivity contribution in [3.63, 3.8) is 0 Å². The molecule has 3 N–H and O–H groups in total. The first-order valence-corrected chi connectivity index (χ1v) is 4.82. The Morgan fingerprint density at radius 1 is 1.60 bits per heavy atom. The molecule has 4 heteroatoms. The molecule has 15 heavy (non-hydrogen) atoms. The zero-order valence-electron chi connectivity index (χ0n) is 8.49. The smallest absolute Gasteiger partial charge is 0.338 e. The zero-order valence-corrected chi connectivity index (χ0v) is 8.49. The molecule has 0 amide bonds. The van der Waals surface area contributed by atoms with Crippen molar-refractivity contribution < 1.29 is 14.6 Å². The lowest BCUT2D eigenvalue weighted by Gasteiger charge is -2.13. The fraction of sp³-hybridized carbons (Fsp3) is 0.364. The number of benzene rings is 1. The highest BCUT2D eigenvalue weighted by molar-refractivity contribution is 5.93. The number of fused-ring (bicyclic) bond motifs is 1.